The summed E-state index contributed by atoms with van der Waals surface area (Å²) in [6.45, 7) is 10.7. The second-order valence-electron chi connectivity index (χ2n) is 7.81. The number of carbonyl (C=O) groups excluding carboxylic acids is 2. The van der Waals surface area contributed by atoms with Gasteiger partial charge in [0.1, 0.15) is 0 Å². The average Bonchev–Trinajstić information content (AvgIpc) is 2.92. The molecule has 0 spiro atoms. The number of piperazine rings is 1. The molecule has 146 valence electrons. The Morgan fingerprint density at radius 2 is 1.81 bits per heavy atom. The lowest BCUT2D eigenvalue weighted by molar-refractivity contribution is -0.136. The van der Waals surface area contributed by atoms with E-state index in [1.165, 1.54) is 9.78 Å². The second-order valence-corrected chi connectivity index (χ2v) is 9.61. The van der Waals surface area contributed by atoms with Gasteiger partial charge in [-0.15, -0.1) is 11.3 Å². The van der Waals surface area contributed by atoms with Gasteiger partial charge in [-0.25, -0.2) is 0 Å². The Hall–Kier alpha value is -1.15. The number of carbonyl (C=O) groups is 2. The fourth-order valence-corrected chi connectivity index (χ4v) is 3.97. The molecule has 1 aromatic rings. The van der Waals surface area contributed by atoms with Crippen LogP contribution in [0.5, 0.6) is 0 Å². The molecule has 2 rings (SSSR count). The Labute approximate surface area is 165 Å². The summed E-state index contributed by atoms with van der Waals surface area (Å²) in [4.78, 5) is 31.6. The number of hydrogen-bond donors (Lipinski definition) is 1. The molecule has 26 heavy (non-hydrogen) atoms. The van der Waals surface area contributed by atoms with E-state index in [-0.39, 0.29) is 23.9 Å². The summed E-state index contributed by atoms with van der Waals surface area (Å²) >= 11 is 7.60. The normalized spacial score (nSPS) is 16.5. The SMILES string of the molecule is CN(CC(=O)NC(C)(C)C)C(=O)CN1CCN(Cc2ccc(Cl)s2)CC1. The monoisotopic (exact) mass is 400 g/mol. The van der Waals surface area contributed by atoms with E-state index in [2.05, 4.69) is 21.2 Å². The maximum Gasteiger partial charge on any atom is 0.240 e. The number of nitrogens with one attached hydrogen (secondary N) is 1. The Balaban J connectivity index is 1.70. The summed E-state index contributed by atoms with van der Waals surface area (Å²) in [5, 5.41) is 2.88. The first-order valence-electron chi connectivity index (χ1n) is 8.86. The van der Waals surface area contributed by atoms with E-state index >= 15 is 0 Å². The summed E-state index contributed by atoms with van der Waals surface area (Å²) in [5.74, 6) is -0.152. The van der Waals surface area contributed by atoms with Crippen molar-refractivity contribution < 1.29 is 9.59 Å². The fourth-order valence-electron chi connectivity index (χ4n) is 2.84. The van der Waals surface area contributed by atoms with Crippen LogP contribution in [-0.2, 0) is 16.1 Å². The Bertz CT molecular complexity index is 621. The Morgan fingerprint density at radius 3 is 2.35 bits per heavy atom. The molecule has 0 unspecified atom stereocenters. The van der Waals surface area contributed by atoms with Crippen LogP contribution in [0, 0.1) is 0 Å². The van der Waals surface area contributed by atoms with E-state index in [1.54, 1.807) is 18.4 Å². The van der Waals surface area contributed by atoms with Crippen LogP contribution in [0.1, 0.15) is 25.6 Å². The first kappa shape index (κ1) is 21.2. The van der Waals surface area contributed by atoms with E-state index in [9.17, 15) is 9.59 Å². The molecule has 1 N–H and O–H groups in total. The number of thiophene rings is 1. The second kappa shape index (κ2) is 9.17. The third-order valence-electron chi connectivity index (χ3n) is 4.15. The van der Waals surface area contributed by atoms with Crippen LogP contribution in [0.3, 0.4) is 0 Å². The number of likely N-dealkylation sites (N-methyl/N-ethyl adjacent to an activating group) is 1. The van der Waals surface area contributed by atoms with Gasteiger partial charge in [0, 0.05) is 50.2 Å². The van der Waals surface area contributed by atoms with Gasteiger partial charge in [-0.3, -0.25) is 19.4 Å². The minimum atomic E-state index is -0.288. The van der Waals surface area contributed by atoms with Crippen LogP contribution in [0.15, 0.2) is 12.1 Å². The zero-order valence-corrected chi connectivity index (χ0v) is 17.6. The van der Waals surface area contributed by atoms with Gasteiger partial charge in [-0.1, -0.05) is 11.6 Å². The van der Waals surface area contributed by atoms with Crippen LogP contribution in [0.4, 0.5) is 0 Å². The van der Waals surface area contributed by atoms with Gasteiger partial charge < -0.3 is 10.2 Å². The molecule has 0 atom stereocenters. The molecule has 0 radical (unpaired) electrons. The molecule has 1 aromatic heterocycles. The van der Waals surface area contributed by atoms with Crippen molar-refractivity contribution in [1.82, 2.24) is 20.0 Å². The number of amides is 2. The summed E-state index contributed by atoms with van der Waals surface area (Å²) in [6.07, 6.45) is 0. The average molecular weight is 401 g/mol. The summed E-state index contributed by atoms with van der Waals surface area (Å²) < 4.78 is 0.822. The molecule has 0 saturated carbocycles. The number of halogens is 1. The first-order valence-corrected chi connectivity index (χ1v) is 10.1. The first-order chi connectivity index (χ1) is 12.1. The van der Waals surface area contributed by atoms with E-state index in [0.29, 0.717) is 6.54 Å². The minimum Gasteiger partial charge on any atom is -0.350 e. The predicted molar refractivity (Wildman–Crippen MR) is 107 cm³/mol. The van der Waals surface area contributed by atoms with Gasteiger partial charge in [0.15, 0.2) is 0 Å². The molecule has 2 heterocycles. The molecule has 2 amide bonds. The highest BCUT2D eigenvalue weighted by atomic mass is 35.5. The molecular weight excluding hydrogens is 372 g/mol. The Kier molecular flexibility index (Phi) is 7.46. The van der Waals surface area contributed by atoms with Crippen molar-refractivity contribution in [3.8, 4) is 0 Å². The highest BCUT2D eigenvalue weighted by molar-refractivity contribution is 7.16. The van der Waals surface area contributed by atoms with Crippen molar-refractivity contribution in [2.45, 2.75) is 32.9 Å². The maximum absolute atomic E-state index is 12.4. The lowest BCUT2D eigenvalue weighted by Crippen LogP contribution is -2.51. The van der Waals surface area contributed by atoms with Gasteiger partial charge in [0.2, 0.25) is 11.8 Å². The maximum atomic E-state index is 12.4. The molecule has 0 aromatic carbocycles. The van der Waals surface area contributed by atoms with Crippen LogP contribution in [0.25, 0.3) is 0 Å². The minimum absolute atomic E-state index is 0.0208. The molecular formula is C18H29ClN4O2S. The smallest absolute Gasteiger partial charge is 0.240 e. The van der Waals surface area contributed by atoms with Crippen molar-refractivity contribution in [1.29, 1.82) is 0 Å². The van der Waals surface area contributed by atoms with E-state index < -0.39 is 0 Å². The lowest BCUT2D eigenvalue weighted by Gasteiger charge is -2.34. The van der Waals surface area contributed by atoms with Crippen molar-refractivity contribution in [3.05, 3.63) is 21.3 Å². The number of nitrogens with zero attached hydrogens (tertiary/aromatic N) is 3. The summed E-state index contributed by atoms with van der Waals surface area (Å²) in [6, 6.07) is 4.00. The van der Waals surface area contributed by atoms with Crippen molar-refractivity contribution in [3.63, 3.8) is 0 Å². The van der Waals surface area contributed by atoms with E-state index in [4.69, 9.17) is 11.6 Å². The van der Waals surface area contributed by atoms with Crippen molar-refractivity contribution in [2.75, 3.05) is 46.3 Å². The van der Waals surface area contributed by atoms with Crippen LogP contribution in [-0.4, -0.2) is 78.4 Å². The molecule has 0 aliphatic carbocycles. The number of hydrogen-bond acceptors (Lipinski definition) is 5. The van der Waals surface area contributed by atoms with E-state index in [1.807, 2.05) is 26.8 Å². The topological polar surface area (TPSA) is 55.9 Å². The summed E-state index contributed by atoms with van der Waals surface area (Å²) in [5.41, 5.74) is -0.288. The van der Waals surface area contributed by atoms with Crippen LogP contribution >= 0.6 is 22.9 Å². The molecule has 6 nitrogen and oxygen atoms in total. The number of rotatable bonds is 6. The van der Waals surface area contributed by atoms with Crippen molar-refractivity contribution >= 4 is 34.8 Å². The van der Waals surface area contributed by atoms with Crippen LogP contribution in [0.2, 0.25) is 4.34 Å². The summed E-state index contributed by atoms with van der Waals surface area (Å²) in [7, 11) is 1.68. The lowest BCUT2D eigenvalue weighted by atomic mass is 10.1. The fraction of sp³-hybridized carbons (Fsp3) is 0.667. The Morgan fingerprint density at radius 1 is 1.19 bits per heavy atom. The third kappa shape index (κ3) is 7.23. The van der Waals surface area contributed by atoms with Gasteiger partial charge in [0.05, 0.1) is 17.4 Å². The predicted octanol–water partition coefficient (Wildman–Crippen LogP) is 1.89. The quantitative estimate of drug-likeness (QED) is 0.792. The van der Waals surface area contributed by atoms with Gasteiger partial charge in [-0.05, 0) is 32.9 Å². The molecule has 1 saturated heterocycles. The van der Waals surface area contributed by atoms with Crippen LogP contribution < -0.4 is 5.32 Å². The highest BCUT2D eigenvalue weighted by Crippen LogP contribution is 2.23. The molecule has 1 fully saturated rings. The highest BCUT2D eigenvalue weighted by Gasteiger charge is 2.22. The molecule has 0 bridgehead atoms. The van der Waals surface area contributed by atoms with Crippen molar-refractivity contribution in [2.24, 2.45) is 0 Å². The zero-order valence-electron chi connectivity index (χ0n) is 16.0. The van der Waals surface area contributed by atoms with E-state index in [0.717, 1.165) is 37.1 Å². The third-order valence-corrected chi connectivity index (χ3v) is 5.37. The largest absolute Gasteiger partial charge is 0.350 e. The molecule has 8 heteroatoms. The standard InChI is InChI=1S/C18H29ClN4O2S/c1-18(2,3)20-16(24)12-21(4)17(25)13-23-9-7-22(8-10-23)11-14-5-6-15(19)26-14/h5-6H,7-13H2,1-4H3,(H,20,24). The molecule has 1 aliphatic rings. The van der Waals surface area contributed by atoms with Gasteiger partial charge in [0.25, 0.3) is 0 Å². The molecule has 1 aliphatic heterocycles. The van der Waals surface area contributed by atoms with Gasteiger partial charge >= 0.3 is 0 Å². The van der Waals surface area contributed by atoms with Gasteiger partial charge in [-0.2, -0.15) is 0 Å². The zero-order chi connectivity index (χ0) is 19.3.